The lowest BCUT2D eigenvalue weighted by molar-refractivity contribution is -0.192. The quantitative estimate of drug-likeness (QED) is 0.264. The Kier molecular flexibility index (Phi) is 8.01. The Hall–Kier alpha value is -4.25. The van der Waals surface area contributed by atoms with Crippen molar-refractivity contribution in [3.63, 3.8) is 0 Å². The molecule has 0 amide bonds. The van der Waals surface area contributed by atoms with Gasteiger partial charge in [0.15, 0.2) is 0 Å². The van der Waals surface area contributed by atoms with E-state index in [9.17, 15) is 27.5 Å². The summed E-state index contributed by atoms with van der Waals surface area (Å²) >= 11 is 0. The van der Waals surface area contributed by atoms with Gasteiger partial charge in [0.2, 0.25) is 0 Å². The number of benzene rings is 3. The van der Waals surface area contributed by atoms with Gasteiger partial charge in [0.25, 0.3) is 0 Å². The molecule has 1 atom stereocenters. The van der Waals surface area contributed by atoms with Gasteiger partial charge in [0, 0.05) is 19.6 Å². The van der Waals surface area contributed by atoms with Crippen molar-refractivity contribution in [2.24, 2.45) is 0 Å². The number of carboxylic acid groups (broad SMARTS) is 2. The summed E-state index contributed by atoms with van der Waals surface area (Å²) in [6, 6.07) is 20.1. The van der Waals surface area contributed by atoms with E-state index in [2.05, 4.69) is 33.1 Å². The maximum absolute atomic E-state index is 13.5. The Morgan fingerprint density at radius 2 is 1.64 bits per heavy atom. The molecule has 1 aliphatic rings. The van der Waals surface area contributed by atoms with Crippen molar-refractivity contribution in [2.45, 2.75) is 32.2 Å². The third-order valence-corrected chi connectivity index (χ3v) is 6.28. The number of carbonyl (C=O) groups is 2. The van der Waals surface area contributed by atoms with Gasteiger partial charge in [0.1, 0.15) is 17.5 Å². The average Bonchev–Trinajstić information content (AvgIpc) is 3.47. The molecule has 1 saturated heterocycles. The summed E-state index contributed by atoms with van der Waals surface area (Å²) in [5.41, 5.74) is 6.51. The number of hydrogen-bond donors (Lipinski definition) is 3. The number of H-pyrrole nitrogens is 1. The lowest BCUT2D eigenvalue weighted by Gasteiger charge is -2.15. The fourth-order valence-electron chi connectivity index (χ4n) is 4.46. The van der Waals surface area contributed by atoms with Crippen LogP contribution in [0.5, 0.6) is 0 Å². The van der Waals surface area contributed by atoms with Crippen molar-refractivity contribution in [3.8, 4) is 22.3 Å². The fourth-order valence-corrected chi connectivity index (χ4v) is 4.46. The number of aromatic amines is 1. The molecule has 2 heterocycles. The number of nitrogens with zero attached hydrogens (tertiary/aromatic N) is 2. The molecular weight excluding hydrogens is 518 g/mol. The van der Waals surface area contributed by atoms with E-state index >= 15 is 0 Å². The average molecular weight is 544 g/mol. The number of carboxylic acids is 2. The van der Waals surface area contributed by atoms with Crippen LogP contribution < -0.4 is 0 Å². The van der Waals surface area contributed by atoms with Gasteiger partial charge in [-0.3, -0.25) is 4.90 Å². The molecule has 3 aromatic carbocycles. The predicted octanol–water partition coefficient (Wildman–Crippen LogP) is 6.08. The molecule has 204 valence electrons. The van der Waals surface area contributed by atoms with Crippen LogP contribution in [0.15, 0.2) is 60.7 Å². The number of alkyl halides is 4. The largest absolute Gasteiger partial charge is 0.490 e. The van der Waals surface area contributed by atoms with Crippen molar-refractivity contribution in [3.05, 3.63) is 77.6 Å². The second-order valence-corrected chi connectivity index (χ2v) is 9.25. The maximum atomic E-state index is 13.5. The zero-order chi connectivity index (χ0) is 28.3. The first-order chi connectivity index (χ1) is 18.4. The van der Waals surface area contributed by atoms with Gasteiger partial charge in [-0.1, -0.05) is 42.5 Å². The summed E-state index contributed by atoms with van der Waals surface area (Å²) in [5, 5.41) is 16.7. The van der Waals surface area contributed by atoms with Gasteiger partial charge < -0.3 is 15.2 Å². The number of aliphatic carboxylic acids is 1. The number of aromatic carboxylic acids is 1. The van der Waals surface area contributed by atoms with Crippen molar-refractivity contribution in [1.29, 1.82) is 0 Å². The molecule has 3 N–H and O–H groups in total. The molecular formula is C28H25F4N3O4. The number of hydrogen-bond acceptors (Lipinski definition) is 4. The van der Waals surface area contributed by atoms with Gasteiger partial charge in [-0.15, -0.1) is 0 Å². The van der Waals surface area contributed by atoms with Crippen molar-refractivity contribution in [1.82, 2.24) is 14.9 Å². The highest BCUT2D eigenvalue weighted by molar-refractivity contribution is 6.03. The molecule has 4 aromatic rings. The minimum Gasteiger partial charge on any atom is -0.478 e. The van der Waals surface area contributed by atoms with Gasteiger partial charge in [-0.05, 0) is 59.4 Å². The second kappa shape index (κ2) is 11.2. The monoisotopic (exact) mass is 543 g/mol. The van der Waals surface area contributed by atoms with Crippen LogP contribution >= 0.6 is 0 Å². The highest BCUT2D eigenvalue weighted by atomic mass is 19.4. The fraction of sp³-hybridized carbons (Fsp3) is 0.250. The van der Waals surface area contributed by atoms with E-state index in [1.54, 1.807) is 6.07 Å². The van der Waals surface area contributed by atoms with E-state index in [0.717, 1.165) is 35.3 Å². The molecule has 0 radical (unpaired) electrons. The second-order valence-electron chi connectivity index (χ2n) is 9.25. The van der Waals surface area contributed by atoms with Gasteiger partial charge in [-0.2, -0.15) is 13.2 Å². The standard InChI is InChI=1S/C26H24FN3O2.C2HF3O2/c1-16-28-24-13-21(12-23(26(31)32)25(24)29-16)19-7-5-18(6-8-19)20-4-2-3-17(11-20)14-30-10-9-22(27)15-30;3-2(4,5)1(6)7/h2-8,11-13,22H,9-10,14-15H2,1H3,(H,28,29)(H,31,32);(H,6,7)/t22-;/m1./s1. The van der Waals surface area contributed by atoms with E-state index in [4.69, 9.17) is 9.90 Å². The van der Waals surface area contributed by atoms with E-state index in [1.807, 2.05) is 43.3 Å². The summed E-state index contributed by atoms with van der Waals surface area (Å²) < 4.78 is 45.2. The molecule has 0 unspecified atom stereocenters. The van der Waals surface area contributed by atoms with Gasteiger partial charge in [-0.25, -0.2) is 19.0 Å². The summed E-state index contributed by atoms with van der Waals surface area (Å²) in [6.45, 7) is 3.89. The van der Waals surface area contributed by atoms with Crippen LogP contribution in [0.1, 0.15) is 28.2 Å². The molecule has 0 aliphatic carbocycles. The molecule has 1 aliphatic heterocycles. The van der Waals surface area contributed by atoms with Crippen molar-refractivity contribution < 1.29 is 37.4 Å². The number of likely N-dealkylation sites (tertiary alicyclic amines) is 1. The first-order valence-electron chi connectivity index (χ1n) is 12.0. The lowest BCUT2D eigenvalue weighted by atomic mass is 9.97. The predicted molar refractivity (Wildman–Crippen MR) is 137 cm³/mol. The summed E-state index contributed by atoms with van der Waals surface area (Å²) in [7, 11) is 0. The lowest BCUT2D eigenvalue weighted by Crippen LogP contribution is -2.21. The molecule has 0 spiro atoms. The number of rotatable bonds is 5. The Balaban J connectivity index is 0.000000448. The maximum Gasteiger partial charge on any atom is 0.490 e. The number of aromatic nitrogens is 2. The number of aryl methyl sites for hydroxylation is 1. The van der Waals surface area contributed by atoms with E-state index < -0.39 is 24.3 Å². The van der Waals surface area contributed by atoms with Crippen LogP contribution in [-0.4, -0.2) is 62.5 Å². The van der Waals surface area contributed by atoms with Gasteiger partial charge >= 0.3 is 18.1 Å². The summed E-state index contributed by atoms with van der Waals surface area (Å²) in [4.78, 5) is 30.2. The molecule has 11 heteroatoms. The number of nitrogens with one attached hydrogen (secondary N) is 1. The highest BCUT2D eigenvalue weighted by Gasteiger charge is 2.38. The summed E-state index contributed by atoms with van der Waals surface area (Å²) in [5.74, 6) is -3.06. The number of halogens is 4. The minimum atomic E-state index is -5.08. The Morgan fingerprint density at radius 3 is 2.21 bits per heavy atom. The highest BCUT2D eigenvalue weighted by Crippen LogP contribution is 2.30. The SMILES string of the molecule is Cc1nc2c(C(=O)O)cc(-c3ccc(-c4cccc(CN5CC[C@@H](F)C5)c4)cc3)cc2[nH]1.O=C(O)C(F)(F)F. The molecule has 0 bridgehead atoms. The Labute approximate surface area is 220 Å². The van der Waals surface area contributed by atoms with Crippen LogP contribution in [-0.2, 0) is 11.3 Å². The summed E-state index contributed by atoms with van der Waals surface area (Å²) in [6.07, 6.45) is -5.17. The van der Waals surface area contributed by atoms with Crippen LogP contribution in [0.2, 0.25) is 0 Å². The number of fused-ring (bicyclic) bond motifs is 1. The van der Waals surface area contributed by atoms with E-state index in [1.165, 1.54) is 5.56 Å². The van der Waals surface area contributed by atoms with E-state index in [0.29, 0.717) is 29.8 Å². The molecule has 1 aromatic heterocycles. The van der Waals surface area contributed by atoms with Crippen molar-refractivity contribution in [2.75, 3.05) is 13.1 Å². The zero-order valence-electron chi connectivity index (χ0n) is 20.8. The minimum absolute atomic E-state index is 0.191. The topological polar surface area (TPSA) is 107 Å². The third-order valence-electron chi connectivity index (χ3n) is 6.28. The normalized spacial score (nSPS) is 15.7. The van der Waals surface area contributed by atoms with Crippen LogP contribution in [0.25, 0.3) is 33.3 Å². The molecule has 39 heavy (non-hydrogen) atoms. The molecule has 1 fully saturated rings. The van der Waals surface area contributed by atoms with Crippen LogP contribution in [0.3, 0.4) is 0 Å². The molecule has 5 rings (SSSR count). The van der Waals surface area contributed by atoms with Crippen LogP contribution in [0, 0.1) is 6.92 Å². The zero-order valence-corrected chi connectivity index (χ0v) is 20.8. The van der Waals surface area contributed by atoms with Gasteiger partial charge in [0.05, 0.1) is 11.1 Å². The van der Waals surface area contributed by atoms with Crippen LogP contribution in [0.4, 0.5) is 17.6 Å². The Morgan fingerprint density at radius 1 is 1.00 bits per heavy atom. The first kappa shape index (κ1) is 27.8. The smallest absolute Gasteiger partial charge is 0.478 e. The molecule has 7 nitrogen and oxygen atoms in total. The number of imidazole rings is 1. The Bertz CT molecular complexity index is 1500. The first-order valence-corrected chi connectivity index (χ1v) is 12.0. The molecule has 0 saturated carbocycles. The van der Waals surface area contributed by atoms with Crippen molar-refractivity contribution >= 4 is 23.0 Å². The van der Waals surface area contributed by atoms with E-state index in [-0.39, 0.29) is 5.56 Å². The third kappa shape index (κ3) is 6.80.